The molecule has 0 saturated carbocycles. The predicted molar refractivity (Wildman–Crippen MR) is 64.7 cm³/mol. The topological polar surface area (TPSA) is 58.5 Å². The molecule has 0 aromatic rings. The Bertz CT molecular complexity index is 166. The van der Waals surface area contributed by atoms with Gasteiger partial charge in [-0.25, -0.2) is 0 Å². The number of nitrogens with zero attached hydrogens (tertiary/aromatic N) is 2. The normalized spacial score (nSPS) is 22.2. The molecule has 0 aromatic carbocycles. The van der Waals surface area contributed by atoms with Crippen molar-refractivity contribution in [1.29, 1.82) is 0 Å². The fourth-order valence-corrected chi connectivity index (χ4v) is 2.23. The molecule has 1 atom stereocenters. The highest BCUT2D eigenvalue weighted by Gasteiger charge is 2.18. The third-order valence-corrected chi connectivity index (χ3v) is 3.26. The van der Waals surface area contributed by atoms with E-state index in [1.807, 2.05) is 0 Å². The van der Waals surface area contributed by atoms with E-state index in [-0.39, 0.29) is 6.04 Å². The minimum atomic E-state index is 0.126. The molecule has 0 amide bonds. The van der Waals surface area contributed by atoms with E-state index in [2.05, 4.69) is 23.9 Å². The average Bonchev–Trinajstić information content (AvgIpc) is 2.21. The molecular weight excluding hydrogens is 188 g/mol. The van der Waals surface area contributed by atoms with Crippen LogP contribution in [0.4, 0.5) is 0 Å². The van der Waals surface area contributed by atoms with Crippen molar-refractivity contribution in [2.75, 3.05) is 46.8 Å². The minimum Gasteiger partial charge on any atom is -0.329 e. The average molecular weight is 214 g/mol. The lowest BCUT2D eigenvalue weighted by Crippen LogP contribution is -2.43. The highest BCUT2D eigenvalue weighted by atomic mass is 15.1. The Kier molecular flexibility index (Phi) is 5.53. The Hall–Kier alpha value is -0.160. The lowest BCUT2D eigenvalue weighted by Gasteiger charge is -2.32. The van der Waals surface area contributed by atoms with E-state index in [4.69, 9.17) is 11.5 Å². The first-order valence-electron chi connectivity index (χ1n) is 5.94. The Morgan fingerprint density at radius 1 is 1.40 bits per heavy atom. The van der Waals surface area contributed by atoms with Crippen molar-refractivity contribution < 1.29 is 0 Å². The number of rotatable bonds is 5. The molecule has 1 saturated heterocycles. The van der Waals surface area contributed by atoms with Crippen LogP contribution in [0.15, 0.2) is 0 Å². The zero-order valence-electron chi connectivity index (χ0n) is 10.2. The molecule has 0 spiro atoms. The molecule has 4 heteroatoms. The molecule has 1 aliphatic rings. The van der Waals surface area contributed by atoms with Crippen molar-refractivity contribution >= 4 is 0 Å². The van der Waals surface area contributed by atoms with Crippen LogP contribution in [0, 0.1) is 5.92 Å². The third-order valence-electron chi connectivity index (χ3n) is 3.26. The van der Waals surface area contributed by atoms with Gasteiger partial charge in [-0.1, -0.05) is 0 Å². The molecule has 1 rings (SSSR count). The standard InChI is InChI=1S/C11H26N4/c1-14-5-3-10(4-6-14)8-15(2)9-11(13)7-12/h10-11H,3-9,12-13H2,1-2H3. The lowest BCUT2D eigenvalue weighted by atomic mass is 9.96. The Morgan fingerprint density at radius 3 is 2.53 bits per heavy atom. The molecule has 0 aromatic heterocycles. The summed E-state index contributed by atoms with van der Waals surface area (Å²) in [5.41, 5.74) is 11.3. The summed E-state index contributed by atoms with van der Waals surface area (Å²) in [7, 11) is 4.35. The molecular formula is C11H26N4. The number of hydrogen-bond acceptors (Lipinski definition) is 4. The summed E-state index contributed by atoms with van der Waals surface area (Å²) in [4.78, 5) is 4.73. The van der Waals surface area contributed by atoms with Crippen LogP contribution in [0.2, 0.25) is 0 Å². The summed E-state index contributed by atoms with van der Waals surface area (Å²) in [6.45, 7) is 5.14. The third kappa shape index (κ3) is 4.93. The first-order valence-corrected chi connectivity index (χ1v) is 5.94. The van der Waals surface area contributed by atoms with Crippen LogP contribution in [0.1, 0.15) is 12.8 Å². The number of likely N-dealkylation sites (N-methyl/N-ethyl adjacent to an activating group) is 1. The van der Waals surface area contributed by atoms with Crippen LogP contribution < -0.4 is 11.5 Å². The Labute approximate surface area is 93.6 Å². The van der Waals surface area contributed by atoms with E-state index in [1.165, 1.54) is 32.5 Å². The van der Waals surface area contributed by atoms with Crippen molar-refractivity contribution in [1.82, 2.24) is 9.80 Å². The van der Waals surface area contributed by atoms with Crippen molar-refractivity contribution in [3.63, 3.8) is 0 Å². The fraction of sp³-hybridized carbons (Fsp3) is 1.00. The zero-order chi connectivity index (χ0) is 11.3. The number of piperidine rings is 1. The fourth-order valence-electron chi connectivity index (χ4n) is 2.23. The van der Waals surface area contributed by atoms with Crippen molar-refractivity contribution in [3.8, 4) is 0 Å². The van der Waals surface area contributed by atoms with Gasteiger partial charge in [0, 0.05) is 25.7 Å². The molecule has 1 heterocycles. The van der Waals surface area contributed by atoms with Crippen molar-refractivity contribution in [2.45, 2.75) is 18.9 Å². The molecule has 1 unspecified atom stereocenters. The Balaban J connectivity index is 2.17. The van der Waals surface area contributed by atoms with Gasteiger partial charge >= 0.3 is 0 Å². The van der Waals surface area contributed by atoms with Crippen LogP contribution in [0.25, 0.3) is 0 Å². The Morgan fingerprint density at radius 2 is 2.00 bits per heavy atom. The lowest BCUT2D eigenvalue weighted by molar-refractivity contribution is 0.173. The predicted octanol–water partition coefficient (Wildman–Crippen LogP) is -0.454. The van der Waals surface area contributed by atoms with E-state index >= 15 is 0 Å². The molecule has 4 N–H and O–H groups in total. The first kappa shape index (κ1) is 12.9. The van der Waals surface area contributed by atoms with E-state index < -0.39 is 0 Å². The second kappa shape index (κ2) is 6.43. The van der Waals surface area contributed by atoms with Crippen LogP contribution in [-0.2, 0) is 0 Å². The highest BCUT2D eigenvalue weighted by molar-refractivity contribution is 4.74. The molecule has 90 valence electrons. The molecule has 1 fully saturated rings. The summed E-state index contributed by atoms with van der Waals surface area (Å²) < 4.78 is 0. The second-order valence-electron chi connectivity index (χ2n) is 4.96. The van der Waals surface area contributed by atoms with Crippen molar-refractivity contribution in [3.05, 3.63) is 0 Å². The van der Waals surface area contributed by atoms with Gasteiger partial charge in [-0.3, -0.25) is 0 Å². The summed E-state index contributed by atoms with van der Waals surface area (Å²) in [5, 5.41) is 0. The molecule has 1 aliphatic heterocycles. The van der Waals surface area contributed by atoms with E-state index in [9.17, 15) is 0 Å². The molecule has 0 radical (unpaired) electrons. The maximum Gasteiger partial charge on any atom is 0.0292 e. The highest BCUT2D eigenvalue weighted by Crippen LogP contribution is 2.16. The maximum absolute atomic E-state index is 5.83. The van der Waals surface area contributed by atoms with E-state index in [1.54, 1.807) is 0 Å². The van der Waals surface area contributed by atoms with Gasteiger partial charge in [0.15, 0.2) is 0 Å². The van der Waals surface area contributed by atoms with E-state index in [0.29, 0.717) is 6.54 Å². The maximum atomic E-state index is 5.83. The quantitative estimate of drug-likeness (QED) is 0.650. The smallest absolute Gasteiger partial charge is 0.0292 e. The summed E-state index contributed by atoms with van der Waals surface area (Å²) in [5.74, 6) is 0.844. The molecule has 0 bridgehead atoms. The number of likely N-dealkylation sites (tertiary alicyclic amines) is 1. The van der Waals surface area contributed by atoms with Gasteiger partial charge in [-0.15, -0.1) is 0 Å². The van der Waals surface area contributed by atoms with Gasteiger partial charge < -0.3 is 21.3 Å². The van der Waals surface area contributed by atoms with Crippen LogP contribution in [0.5, 0.6) is 0 Å². The minimum absolute atomic E-state index is 0.126. The summed E-state index contributed by atoms with van der Waals surface area (Å²) >= 11 is 0. The summed E-state index contributed by atoms with van der Waals surface area (Å²) in [6, 6.07) is 0.126. The van der Waals surface area contributed by atoms with Gasteiger partial charge in [0.1, 0.15) is 0 Å². The van der Waals surface area contributed by atoms with Gasteiger partial charge in [-0.2, -0.15) is 0 Å². The van der Waals surface area contributed by atoms with Crippen LogP contribution >= 0.6 is 0 Å². The van der Waals surface area contributed by atoms with Gasteiger partial charge in [0.2, 0.25) is 0 Å². The zero-order valence-corrected chi connectivity index (χ0v) is 10.2. The SMILES string of the molecule is CN1CCC(CN(C)CC(N)CN)CC1. The number of nitrogens with two attached hydrogens (primary N) is 2. The van der Waals surface area contributed by atoms with Crippen LogP contribution in [0.3, 0.4) is 0 Å². The molecule has 15 heavy (non-hydrogen) atoms. The van der Waals surface area contributed by atoms with Crippen LogP contribution in [-0.4, -0.2) is 62.7 Å². The number of hydrogen-bond donors (Lipinski definition) is 2. The summed E-state index contributed by atoms with van der Waals surface area (Å²) in [6.07, 6.45) is 2.64. The first-order chi connectivity index (χ1) is 7.11. The van der Waals surface area contributed by atoms with E-state index in [0.717, 1.165) is 12.5 Å². The second-order valence-corrected chi connectivity index (χ2v) is 4.96. The van der Waals surface area contributed by atoms with Gasteiger partial charge in [0.05, 0.1) is 0 Å². The van der Waals surface area contributed by atoms with Gasteiger partial charge in [0.25, 0.3) is 0 Å². The largest absolute Gasteiger partial charge is 0.329 e. The van der Waals surface area contributed by atoms with Crippen molar-refractivity contribution in [2.24, 2.45) is 17.4 Å². The molecule has 0 aliphatic carbocycles. The molecule has 4 nitrogen and oxygen atoms in total. The monoisotopic (exact) mass is 214 g/mol. The van der Waals surface area contributed by atoms with Gasteiger partial charge in [-0.05, 0) is 45.9 Å².